The number of hydrogen-bond donors (Lipinski definition) is 1. The van der Waals surface area contributed by atoms with Crippen LogP contribution < -0.4 is 5.73 Å². The molecule has 1 aliphatic rings. The summed E-state index contributed by atoms with van der Waals surface area (Å²) in [4.78, 5) is 0. The van der Waals surface area contributed by atoms with Crippen LogP contribution in [0.4, 0.5) is 0 Å². The normalized spacial score (nSPS) is 29.6. The van der Waals surface area contributed by atoms with Crippen LogP contribution in [0, 0.1) is 0 Å². The van der Waals surface area contributed by atoms with E-state index in [1.165, 1.54) is 0 Å². The minimum atomic E-state index is 0.230. The van der Waals surface area contributed by atoms with Crippen molar-refractivity contribution in [2.75, 3.05) is 6.61 Å². The second kappa shape index (κ2) is 1.98. The third-order valence-electron chi connectivity index (χ3n) is 0.991. The van der Waals surface area contributed by atoms with Crippen LogP contribution in [0.2, 0.25) is 0 Å². The molecule has 0 fully saturated rings. The molecule has 2 nitrogen and oxygen atoms in total. The highest BCUT2D eigenvalue weighted by Gasteiger charge is 1.99. The Balaban J connectivity index is 2.36. The van der Waals surface area contributed by atoms with E-state index >= 15 is 0 Å². The van der Waals surface area contributed by atoms with Gasteiger partial charge in [0.25, 0.3) is 0 Å². The van der Waals surface area contributed by atoms with Crippen LogP contribution in [0.15, 0.2) is 12.3 Å². The van der Waals surface area contributed by atoms with Crippen molar-refractivity contribution in [2.24, 2.45) is 5.73 Å². The average molecular weight is 99.1 g/mol. The maximum absolute atomic E-state index is 5.47. The fourth-order valence-corrected chi connectivity index (χ4v) is 0.525. The Hall–Kier alpha value is -0.500. The molecule has 0 radical (unpaired) electrons. The highest BCUT2D eigenvalue weighted by molar-refractivity contribution is 4.89. The lowest BCUT2D eigenvalue weighted by molar-refractivity contribution is 0.223. The molecule has 1 heterocycles. The van der Waals surface area contributed by atoms with Crippen molar-refractivity contribution < 1.29 is 4.74 Å². The van der Waals surface area contributed by atoms with Crippen molar-refractivity contribution in [1.82, 2.24) is 0 Å². The first kappa shape index (κ1) is 4.65. The van der Waals surface area contributed by atoms with E-state index < -0.39 is 0 Å². The summed E-state index contributed by atoms with van der Waals surface area (Å²) in [6.07, 6.45) is 4.48. The Labute approximate surface area is 43.0 Å². The van der Waals surface area contributed by atoms with Gasteiger partial charge in [0.2, 0.25) is 0 Å². The highest BCUT2D eigenvalue weighted by atomic mass is 16.5. The van der Waals surface area contributed by atoms with Gasteiger partial charge in [0.15, 0.2) is 0 Å². The van der Waals surface area contributed by atoms with E-state index in [1.54, 1.807) is 6.26 Å². The van der Waals surface area contributed by atoms with Gasteiger partial charge in [0.1, 0.15) is 0 Å². The van der Waals surface area contributed by atoms with Gasteiger partial charge in [-0.2, -0.15) is 0 Å². The summed E-state index contributed by atoms with van der Waals surface area (Å²) in [7, 11) is 0. The molecule has 0 spiro atoms. The van der Waals surface area contributed by atoms with Crippen molar-refractivity contribution in [3.05, 3.63) is 12.3 Å². The Kier molecular flexibility index (Phi) is 1.32. The first-order valence-electron chi connectivity index (χ1n) is 2.43. The Morgan fingerprint density at radius 1 is 1.71 bits per heavy atom. The number of ether oxygens (including phenoxy) is 1. The second-order valence-electron chi connectivity index (χ2n) is 1.65. The molecule has 0 aromatic rings. The Bertz CT molecular complexity index is 80.1. The summed E-state index contributed by atoms with van der Waals surface area (Å²) in [5.74, 6) is 0. The van der Waals surface area contributed by atoms with Gasteiger partial charge in [-0.25, -0.2) is 0 Å². The molecule has 0 aliphatic carbocycles. The number of nitrogens with two attached hydrogens (primary N) is 1. The van der Waals surface area contributed by atoms with Crippen molar-refractivity contribution >= 4 is 0 Å². The molecule has 7 heavy (non-hydrogen) atoms. The lowest BCUT2D eigenvalue weighted by Crippen LogP contribution is -2.21. The number of hydrogen-bond acceptors (Lipinski definition) is 2. The van der Waals surface area contributed by atoms with Crippen LogP contribution in [0.25, 0.3) is 0 Å². The highest BCUT2D eigenvalue weighted by Crippen LogP contribution is 1.97. The van der Waals surface area contributed by atoms with Gasteiger partial charge >= 0.3 is 0 Å². The van der Waals surface area contributed by atoms with E-state index in [1.807, 2.05) is 6.08 Å². The Morgan fingerprint density at radius 2 is 2.57 bits per heavy atom. The smallest absolute Gasteiger partial charge is 0.0891 e. The van der Waals surface area contributed by atoms with E-state index in [-0.39, 0.29) is 6.04 Å². The van der Waals surface area contributed by atoms with Crippen molar-refractivity contribution in [3.8, 4) is 0 Å². The van der Waals surface area contributed by atoms with E-state index in [0.29, 0.717) is 0 Å². The zero-order chi connectivity index (χ0) is 5.11. The standard InChI is InChI=1S/C5H9NO/c6-5-1-3-7-4-2-5/h1,3,5H,2,4,6H2. The van der Waals surface area contributed by atoms with Gasteiger partial charge in [-0.05, 0) is 6.08 Å². The monoisotopic (exact) mass is 99.1 g/mol. The minimum absolute atomic E-state index is 0.230. The van der Waals surface area contributed by atoms with Crippen LogP contribution in [0.5, 0.6) is 0 Å². The molecule has 0 bridgehead atoms. The molecule has 1 unspecified atom stereocenters. The van der Waals surface area contributed by atoms with Crippen LogP contribution in [-0.2, 0) is 4.74 Å². The molecule has 1 aliphatic heterocycles. The van der Waals surface area contributed by atoms with E-state index in [4.69, 9.17) is 10.5 Å². The van der Waals surface area contributed by atoms with Gasteiger partial charge in [0.05, 0.1) is 12.9 Å². The van der Waals surface area contributed by atoms with Gasteiger partial charge < -0.3 is 10.5 Å². The summed E-state index contributed by atoms with van der Waals surface area (Å²) < 4.78 is 4.88. The summed E-state index contributed by atoms with van der Waals surface area (Å²) in [6.45, 7) is 0.775. The molecular formula is C5H9NO. The molecule has 0 aromatic carbocycles. The average Bonchev–Trinajstić information content (AvgIpc) is 1.69. The van der Waals surface area contributed by atoms with Gasteiger partial charge in [0, 0.05) is 12.5 Å². The molecule has 0 amide bonds. The summed E-state index contributed by atoms with van der Waals surface area (Å²) in [5.41, 5.74) is 5.47. The molecule has 0 aromatic heterocycles. The molecule has 2 heteroatoms. The lowest BCUT2D eigenvalue weighted by Gasteiger charge is -2.10. The third kappa shape index (κ3) is 1.20. The second-order valence-corrected chi connectivity index (χ2v) is 1.65. The van der Waals surface area contributed by atoms with E-state index in [0.717, 1.165) is 13.0 Å². The maximum Gasteiger partial charge on any atom is 0.0891 e. The number of rotatable bonds is 0. The first-order valence-corrected chi connectivity index (χ1v) is 2.43. The fourth-order valence-electron chi connectivity index (χ4n) is 0.525. The first-order chi connectivity index (χ1) is 3.39. The Morgan fingerprint density at radius 3 is 2.86 bits per heavy atom. The van der Waals surface area contributed by atoms with E-state index in [2.05, 4.69) is 0 Å². The molecule has 40 valence electrons. The maximum atomic E-state index is 5.47. The zero-order valence-electron chi connectivity index (χ0n) is 4.13. The molecule has 0 saturated carbocycles. The summed E-state index contributed by atoms with van der Waals surface area (Å²) in [6, 6.07) is 0.230. The van der Waals surface area contributed by atoms with E-state index in [9.17, 15) is 0 Å². The zero-order valence-corrected chi connectivity index (χ0v) is 4.13. The quantitative estimate of drug-likeness (QED) is 0.472. The lowest BCUT2D eigenvalue weighted by atomic mass is 10.2. The predicted octanol–water partition coefficient (Wildman–Crippen LogP) is 0.248. The van der Waals surface area contributed by atoms with Gasteiger partial charge in [-0.3, -0.25) is 0 Å². The predicted molar refractivity (Wildman–Crippen MR) is 27.7 cm³/mol. The summed E-state index contributed by atoms with van der Waals surface area (Å²) >= 11 is 0. The van der Waals surface area contributed by atoms with Crippen LogP contribution in [0.3, 0.4) is 0 Å². The van der Waals surface area contributed by atoms with Crippen LogP contribution in [0.1, 0.15) is 6.42 Å². The van der Waals surface area contributed by atoms with Crippen molar-refractivity contribution in [2.45, 2.75) is 12.5 Å². The fraction of sp³-hybridized carbons (Fsp3) is 0.600. The minimum Gasteiger partial charge on any atom is -0.501 e. The topological polar surface area (TPSA) is 35.2 Å². The third-order valence-corrected chi connectivity index (χ3v) is 0.991. The van der Waals surface area contributed by atoms with Crippen molar-refractivity contribution in [1.29, 1.82) is 0 Å². The molecule has 2 N–H and O–H groups in total. The van der Waals surface area contributed by atoms with Crippen LogP contribution in [-0.4, -0.2) is 12.6 Å². The van der Waals surface area contributed by atoms with Gasteiger partial charge in [-0.15, -0.1) is 0 Å². The molecular weight excluding hydrogens is 90.1 g/mol. The molecule has 1 atom stereocenters. The SMILES string of the molecule is NC1C=COCC1. The largest absolute Gasteiger partial charge is 0.501 e. The molecule has 0 saturated heterocycles. The van der Waals surface area contributed by atoms with Crippen molar-refractivity contribution in [3.63, 3.8) is 0 Å². The van der Waals surface area contributed by atoms with Gasteiger partial charge in [-0.1, -0.05) is 0 Å². The molecule has 1 rings (SSSR count). The van der Waals surface area contributed by atoms with Crippen LogP contribution >= 0.6 is 0 Å². The summed E-state index contributed by atoms with van der Waals surface area (Å²) in [5, 5.41) is 0.